The smallest absolute Gasteiger partial charge is 0.261 e. The first-order chi connectivity index (χ1) is 12.2. The highest BCUT2D eigenvalue weighted by Crippen LogP contribution is 2.19. The number of nitrogens with zero attached hydrogens (tertiary/aromatic N) is 3. The molecule has 0 bridgehead atoms. The molecule has 1 aliphatic carbocycles. The number of aromatic nitrogens is 2. The van der Waals surface area contributed by atoms with E-state index in [-0.39, 0.29) is 11.5 Å². The number of fused-ring (bicyclic) bond motifs is 1. The fourth-order valence-electron chi connectivity index (χ4n) is 3.67. The number of pyridine rings is 2. The summed E-state index contributed by atoms with van der Waals surface area (Å²) in [5.74, 6) is -0.145. The summed E-state index contributed by atoms with van der Waals surface area (Å²) in [5.41, 5.74) is 3.20. The van der Waals surface area contributed by atoms with Crippen LogP contribution in [-0.4, -0.2) is 51.9 Å². The molecule has 4 rings (SSSR count). The summed E-state index contributed by atoms with van der Waals surface area (Å²) in [6, 6.07) is 7.72. The predicted octanol–water partition coefficient (Wildman–Crippen LogP) is 1.22. The van der Waals surface area contributed by atoms with E-state index in [0.29, 0.717) is 18.7 Å². The zero-order valence-electron chi connectivity index (χ0n) is 14.2. The van der Waals surface area contributed by atoms with Gasteiger partial charge in [0.05, 0.1) is 5.69 Å². The third kappa shape index (κ3) is 3.35. The van der Waals surface area contributed by atoms with Crippen molar-refractivity contribution in [2.75, 3.05) is 26.2 Å². The van der Waals surface area contributed by atoms with Crippen LogP contribution in [0.25, 0.3) is 0 Å². The molecule has 6 nitrogen and oxygen atoms in total. The Morgan fingerprint density at radius 1 is 1.16 bits per heavy atom. The van der Waals surface area contributed by atoms with Crippen molar-refractivity contribution in [3.8, 4) is 0 Å². The molecule has 130 valence electrons. The maximum Gasteiger partial charge on any atom is 0.261 e. The van der Waals surface area contributed by atoms with Crippen LogP contribution >= 0.6 is 0 Å². The van der Waals surface area contributed by atoms with Crippen LogP contribution in [0.15, 0.2) is 35.3 Å². The van der Waals surface area contributed by atoms with Gasteiger partial charge in [0.2, 0.25) is 0 Å². The van der Waals surface area contributed by atoms with E-state index in [1.165, 1.54) is 0 Å². The van der Waals surface area contributed by atoms with Gasteiger partial charge in [-0.15, -0.1) is 0 Å². The Hall–Kier alpha value is -2.47. The number of carbonyl (C=O) groups excluding carboxylic acids is 1. The number of H-pyrrole nitrogens is 1. The zero-order chi connectivity index (χ0) is 17.2. The molecule has 1 aliphatic heterocycles. The minimum atomic E-state index is -0.249. The van der Waals surface area contributed by atoms with Crippen molar-refractivity contribution in [2.45, 2.75) is 25.8 Å². The number of rotatable bonds is 3. The molecule has 3 heterocycles. The van der Waals surface area contributed by atoms with E-state index < -0.39 is 0 Å². The molecule has 1 amide bonds. The quantitative estimate of drug-likeness (QED) is 0.913. The average molecular weight is 338 g/mol. The van der Waals surface area contributed by atoms with E-state index in [0.717, 1.165) is 55.8 Å². The Balaban J connectivity index is 1.41. The van der Waals surface area contributed by atoms with E-state index in [2.05, 4.69) is 14.9 Å². The van der Waals surface area contributed by atoms with Crippen LogP contribution in [0.3, 0.4) is 0 Å². The minimum Gasteiger partial charge on any atom is -0.336 e. The summed E-state index contributed by atoms with van der Waals surface area (Å²) in [7, 11) is 0. The Labute approximate surface area is 146 Å². The number of hydrogen-bond acceptors (Lipinski definition) is 4. The molecule has 0 atom stereocenters. The van der Waals surface area contributed by atoms with Crippen LogP contribution in [0, 0.1) is 0 Å². The van der Waals surface area contributed by atoms with Crippen LogP contribution < -0.4 is 5.56 Å². The van der Waals surface area contributed by atoms with Crippen molar-refractivity contribution in [1.29, 1.82) is 0 Å². The van der Waals surface area contributed by atoms with Gasteiger partial charge in [0.1, 0.15) is 5.56 Å². The van der Waals surface area contributed by atoms with Gasteiger partial charge < -0.3 is 9.88 Å². The number of amides is 1. The predicted molar refractivity (Wildman–Crippen MR) is 94.5 cm³/mol. The molecule has 6 heteroatoms. The van der Waals surface area contributed by atoms with Crippen molar-refractivity contribution in [3.05, 3.63) is 63.3 Å². The molecule has 2 aromatic heterocycles. The van der Waals surface area contributed by atoms with Crippen LogP contribution in [0.5, 0.6) is 0 Å². The number of hydrogen-bond donors (Lipinski definition) is 1. The fourth-order valence-corrected chi connectivity index (χ4v) is 3.67. The van der Waals surface area contributed by atoms with Gasteiger partial charge in [-0.3, -0.25) is 19.5 Å². The zero-order valence-corrected chi connectivity index (χ0v) is 14.2. The Bertz CT molecular complexity index is 823. The molecule has 0 saturated carbocycles. The molecule has 1 fully saturated rings. The van der Waals surface area contributed by atoms with Crippen molar-refractivity contribution < 1.29 is 4.79 Å². The van der Waals surface area contributed by atoms with Gasteiger partial charge in [0.25, 0.3) is 11.5 Å². The Morgan fingerprint density at radius 3 is 2.76 bits per heavy atom. The number of piperazine rings is 1. The molecule has 0 aromatic carbocycles. The van der Waals surface area contributed by atoms with Crippen molar-refractivity contribution in [2.24, 2.45) is 0 Å². The van der Waals surface area contributed by atoms with Gasteiger partial charge in [-0.05, 0) is 43.0 Å². The van der Waals surface area contributed by atoms with Crippen molar-refractivity contribution in [1.82, 2.24) is 19.8 Å². The lowest BCUT2D eigenvalue weighted by Crippen LogP contribution is -2.49. The fraction of sp³-hybridized carbons (Fsp3) is 0.421. The minimum absolute atomic E-state index is 0.145. The first kappa shape index (κ1) is 16.0. The molecule has 0 radical (unpaired) electrons. The largest absolute Gasteiger partial charge is 0.336 e. The molecule has 1 saturated heterocycles. The molecule has 25 heavy (non-hydrogen) atoms. The summed E-state index contributed by atoms with van der Waals surface area (Å²) in [5, 5.41) is 0. The standard InChI is InChI=1S/C19H22N4O2/c24-18-16(12-14-4-3-6-17(14)21-18)19(25)23-10-8-22(9-11-23)13-15-5-1-2-7-20-15/h1-2,5,7,12H,3-4,6,8-11,13H2,(H,21,24). The second-order valence-electron chi connectivity index (χ2n) is 6.76. The van der Waals surface area contributed by atoms with Gasteiger partial charge >= 0.3 is 0 Å². The van der Waals surface area contributed by atoms with Crippen LogP contribution in [0.1, 0.15) is 33.7 Å². The lowest BCUT2D eigenvalue weighted by Gasteiger charge is -2.34. The van der Waals surface area contributed by atoms with E-state index in [1.54, 1.807) is 11.1 Å². The van der Waals surface area contributed by atoms with Crippen LogP contribution in [-0.2, 0) is 19.4 Å². The number of carbonyl (C=O) groups is 1. The second-order valence-corrected chi connectivity index (χ2v) is 6.76. The highest BCUT2D eigenvalue weighted by atomic mass is 16.2. The van der Waals surface area contributed by atoms with Gasteiger partial charge in [0.15, 0.2) is 0 Å². The summed E-state index contributed by atoms with van der Waals surface area (Å²) in [6.45, 7) is 3.67. The number of nitrogens with one attached hydrogen (secondary N) is 1. The third-order valence-corrected chi connectivity index (χ3v) is 5.09. The van der Waals surface area contributed by atoms with Gasteiger partial charge in [0, 0.05) is 44.6 Å². The van der Waals surface area contributed by atoms with E-state index in [4.69, 9.17) is 0 Å². The maximum atomic E-state index is 12.8. The van der Waals surface area contributed by atoms with Crippen LogP contribution in [0.4, 0.5) is 0 Å². The maximum absolute atomic E-state index is 12.8. The third-order valence-electron chi connectivity index (χ3n) is 5.09. The normalized spacial score (nSPS) is 17.5. The Kier molecular flexibility index (Phi) is 4.36. The first-order valence-electron chi connectivity index (χ1n) is 8.87. The van der Waals surface area contributed by atoms with Crippen LogP contribution in [0.2, 0.25) is 0 Å². The van der Waals surface area contributed by atoms with Crippen molar-refractivity contribution in [3.63, 3.8) is 0 Å². The Morgan fingerprint density at radius 2 is 2.00 bits per heavy atom. The monoisotopic (exact) mass is 338 g/mol. The highest BCUT2D eigenvalue weighted by molar-refractivity contribution is 5.94. The second kappa shape index (κ2) is 6.80. The van der Waals surface area contributed by atoms with Crippen molar-refractivity contribution >= 4 is 5.91 Å². The summed E-state index contributed by atoms with van der Waals surface area (Å²) >= 11 is 0. The summed E-state index contributed by atoms with van der Waals surface area (Å²) < 4.78 is 0. The lowest BCUT2D eigenvalue weighted by atomic mass is 10.1. The van der Waals surface area contributed by atoms with E-state index in [1.807, 2.05) is 24.3 Å². The molecule has 0 unspecified atom stereocenters. The lowest BCUT2D eigenvalue weighted by molar-refractivity contribution is 0.0625. The molecule has 1 N–H and O–H groups in total. The SMILES string of the molecule is O=C(c1cc2c([nH]c1=O)CCC2)N1CCN(Cc2ccccn2)CC1. The average Bonchev–Trinajstić information content (AvgIpc) is 3.09. The molecule has 0 spiro atoms. The topological polar surface area (TPSA) is 69.3 Å². The van der Waals surface area contributed by atoms with Gasteiger partial charge in [-0.25, -0.2) is 0 Å². The van der Waals surface area contributed by atoms with Gasteiger partial charge in [-0.1, -0.05) is 6.07 Å². The molecular weight excluding hydrogens is 316 g/mol. The van der Waals surface area contributed by atoms with E-state index in [9.17, 15) is 9.59 Å². The summed E-state index contributed by atoms with van der Waals surface area (Å²) in [4.78, 5) is 36.3. The molecule has 2 aromatic rings. The van der Waals surface area contributed by atoms with E-state index >= 15 is 0 Å². The number of aryl methyl sites for hydroxylation is 2. The highest BCUT2D eigenvalue weighted by Gasteiger charge is 2.25. The first-order valence-corrected chi connectivity index (χ1v) is 8.87. The number of aromatic amines is 1. The van der Waals surface area contributed by atoms with Gasteiger partial charge in [-0.2, -0.15) is 0 Å². The molecular formula is C19H22N4O2. The summed E-state index contributed by atoms with van der Waals surface area (Å²) in [6.07, 6.45) is 4.71. The molecule has 2 aliphatic rings.